The minimum absolute atomic E-state index is 0.333. The monoisotopic (exact) mass is 283 g/mol. The van der Waals surface area contributed by atoms with E-state index in [1.807, 2.05) is 37.3 Å². The van der Waals surface area contributed by atoms with Crippen LogP contribution in [0.5, 0.6) is 0 Å². The van der Waals surface area contributed by atoms with E-state index in [1.54, 1.807) is 12.1 Å². The lowest BCUT2D eigenvalue weighted by Crippen LogP contribution is -2.23. The van der Waals surface area contributed by atoms with Gasteiger partial charge in [-0.15, -0.1) is 0 Å². The van der Waals surface area contributed by atoms with Crippen molar-refractivity contribution < 1.29 is 4.39 Å². The number of anilines is 1. The van der Waals surface area contributed by atoms with Crippen LogP contribution >= 0.6 is 0 Å². The highest BCUT2D eigenvalue weighted by Gasteiger charge is 2.09. The number of nitrogens with zero attached hydrogens (tertiary/aromatic N) is 2. The first-order valence-electron chi connectivity index (χ1n) is 6.87. The topological polar surface area (TPSA) is 53.0 Å². The van der Waals surface area contributed by atoms with Crippen LogP contribution in [0, 0.1) is 17.1 Å². The second kappa shape index (κ2) is 6.87. The average Bonchev–Trinajstić information content (AvgIpc) is 2.48. The lowest BCUT2D eigenvalue weighted by atomic mass is 10.1. The molecule has 0 heterocycles. The van der Waals surface area contributed by atoms with Crippen molar-refractivity contribution in [3.8, 4) is 6.07 Å². The summed E-state index contributed by atoms with van der Waals surface area (Å²) in [5.74, 6) is -0.333. The van der Waals surface area contributed by atoms with Gasteiger partial charge in [0.25, 0.3) is 0 Å². The molecule has 21 heavy (non-hydrogen) atoms. The summed E-state index contributed by atoms with van der Waals surface area (Å²) in [4.78, 5) is 2.12. The third-order valence-electron chi connectivity index (χ3n) is 3.38. The zero-order chi connectivity index (χ0) is 15.2. The van der Waals surface area contributed by atoms with E-state index in [-0.39, 0.29) is 5.82 Å². The van der Waals surface area contributed by atoms with Crippen molar-refractivity contribution >= 4 is 5.69 Å². The van der Waals surface area contributed by atoms with Crippen LogP contribution in [0.3, 0.4) is 0 Å². The largest absolute Gasteiger partial charge is 0.399 e. The predicted octanol–water partition coefficient (Wildman–Crippen LogP) is 3.30. The van der Waals surface area contributed by atoms with Crippen molar-refractivity contribution in [2.45, 2.75) is 20.0 Å². The minimum Gasteiger partial charge on any atom is -0.399 e. The highest BCUT2D eigenvalue weighted by Crippen LogP contribution is 2.15. The predicted molar refractivity (Wildman–Crippen MR) is 81.8 cm³/mol. The standard InChI is InChI=1S/C17H18FN3/c1-2-21(11-14-4-3-5-16(20)8-14)12-15-7-6-13(10-19)9-17(15)18/h3-9H,2,11-12,20H2,1H3. The Hall–Kier alpha value is -2.38. The van der Waals surface area contributed by atoms with E-state index in [0.717, 1.165) is 17.8 Å². The normalized spacial score (nSPS) is 10.6. The summed E-state index contributed by atoms with van der Waals surface area (Å²) in [5, 5.41) is 8.76. The van der Waals surface area contributed by atoms with E-state index < -0.39 is 0 Å². The summed E-state index contributed by atoms with van der Waals surface area (Å²) >= 11 is 0. The number of rotatable bonds is 5. The van der Waals surface area contributed by atoms with Crippen LogP contribution in [0.25, 0.3) is 0 Å². The maximum atomic E-state index is 13.9. The minimum atomic E-state index is -0.333. The molecule has 0 saturated heterocycles. The van der Waals surface area contributed by atoms with Crippen LogP contribution in [-0.2, 0) is 13.1 Å². The molecule has 0 aliphatic rings. The summed E-state index contributed by atoms with van der Waals surface area (Å²) in [6.07, 6.45) is 0. The van der Waals surface area contributed by atoms with Crippen LogP contribution in [0.15, 0.2) is 42.5 Å². The summed E-state index contributed by atoms with van der Waals surface area (Å²) in [5.41, 5.74) is 8.55. The van der Waals surface area contributed by atoms with Gasteiger partial charge < -0.3 is 5.73 Å². The quantitative estimate of drug-likeness (QED) is 0.857. The van der Waals surface area contributed by atoms with Gasteiger partial charge >= 0.3 is 0 Å². The van der Waals surface area contributed by atoms with Gasteiger partial charge in [-0.25, -0.2) is 4.39 Å². The van der Waals surface area contributed by atoms with Gasteiger partial charge in [-0.2, -0.15) is 5.26 Å². The fourth-order valence-corrected chi connectivity index (χ4v) is 2.22. The molecule has 2 aromatic rings. The van der Waals surface area contributed by atoms with Gasteiger partial charge in [0, 0.05) is 24.3 Å². The zero-order valence-corrected chi connectivity index (χ0v) is 12.0. The van der Waals surface area contributed by atoms with Gasteiger partial charge in [-0.1, -0.05) is 25.1 Å². The fraction of sp³-hybridized carbons (Fsp3) is 0.235. The van der Waals surface area contributed by atoms with E-state index >= 15 is 0 Å². The van der Waals surface area contributed by atoms with Crippen molar-refractivity contribution in [1.29, 1.82) is 5.26 Å². The van der Waals surface area contributed by atoms with Gasteiger partial charge in [0.05, 0.1) is 11.6 Å². The molecule has 0 radical (unpaired) electrons. The Morgan fingerprint density at radius 1 is 1.19 bits per heavy atom. The number of halogens is 1. The maximum absolute atomic E-state index is 13.9. The molecule has 0 fully saturated rings. The van der Waals surface area contributed by atoms with Crippen LogP contribution < -0.4 is 5.73 Å². The third-order valence-corrected chi connectivity index (χ3v) is 3.38. The van der Waals surface area contributed by atoms with Crippen LogP contribution in [0.4, 0.5) is 10.1 Å². The third kappa shape index (κ3) is 4.04. The number of nitriles is 1. The number of nitrogens with two attached hydrogens (primary N) is 1. The number of hydrogen-bond donors (Lipinski definition) is 1. The lowest BCUT2D eigenvalue weighted by Gasteiger charge is -2.21. The lowest BCUT2D eigenvalue weighted by molar-refractivity contribution is 0.267. The molecule has 0 saturated carbocycles. The van der Waals surface area contributed by atoms with Crippen LogP contribution in [0.2, 0.25) is 0 Å². The van der Waals surface area contributed by atoms with E-state index in [9.17, 15) is 4.39 Å². The first kappa shape index (κ1) is 15.0. The molecule has 0 amide bonds. The van der Waals surface area contributed by atoms with Gasteiger partial charge in [0.1, 0.15) is 5.82 Å². The second-order valence-electron chi connectivity index (χ2n) is 4.97. The Kier molecular flexibility index (Phi) is 4.91. The Morgan fingerprint density at radius 2 is 2.00 bits per heavy atom. The fourth-order valence-electron chi connectivity index (χ4n) is 2.22. The first-order chi connectivity index (χ1) is 10.1. The molecule has 0 atom stereocenters. The molecule has 0 aromatic heterocycles. The van der Waals surface area contributed by atoms with Crippen molar-refractivity contribution in [3.05, 3.63) is 65.0 Å². The Balaban J connectivity index is 2.11. The Bertz CT molecular complexity index is 661. The average molecular weight is 283 g/mol. The highest BCUT2D eigenvalue weighted by atomic mass is 19.1. The van der Waals surface area contributed by atoms with Crippen LogP contribution in [-0.4, -0.2) is 11.4 Å². The summed E-state index contributed by atoms with van der Waals surface area (Å²) in [6.45, 7) is 4.05. The van der Waals surface area contributed by atoms with Crippen molar-refractivity contribution in [2.75, 3.05) is 12.3 Å². The highest BCUT2D eigenvalue weighted by molar-refractivity contribution is 5.40. The SMILES string of the molecule is CCN(Cc1cccc(N)c1)Cc1ccc(C#N)cc1F. The van der Waals surface area contributed by atoms with E-state index in [1.165, 1.54) is 6.07 Å². The smallest absolute Gasteiger partial charge is 0.129 e. The molecule has 2 aromatic carbocycles. The maximum Gasteiger partial charge on any atom is 0.129 e. The molecule has 4 heteroatoms. The van der Waals surface area contributed by atoms with E-state index in [2.05, 4.69) is 4.90 Å². The van der Waals surface area contributed by atoms with Gasteiger partial charge in [-0.3, -0.25) is 4.90 Å². The van der Waals surface area contributed by atoms with Crippen molar-refractivity contribution in [1.82, 2.24) is 4.90 Å². The van der Waals surface area contributed by atoms with Gasteiger partial charge in [-0.05, 0) is 36.4 Å². The van der Waals surface area contributed by atoms with Gasteiger partial charge in [0.15, 0.2) is 0 Å². The number of hydrogen-bond acceptors (Lipinski definition) is 3. The Morgan fingerprint density at radius 3 is 2.62 bits per heavy atom. The van der Waals surface area contributed by atoms with E-state index in [4.69, 9.17) is 11.0 Å². The molecule has 3 nitrogen and oxygen atoms in total. The first-order valence-corrected chi connectivity index (χ1v) is 6.87. The second-order valence-corrected chi connectivity index (χ2v) is 4.97. The van der Waals surface area contributed by atoms with Crippen LogP contribution in [0.1, 0.15) is 23.6 Å². The van der Waals surface area contributed by atoms with Crippen molar-refractivity contribution in [2.24, 2.45) is 0 Å². The molecule has 2 N–H and O–H groups in total. The number of benzene rings is 2. The molecule has 0 spiro atoms. The molecule has 0 bridgehead atoms. The summed E-state index contributed by atoms with van der Waals surface area (Å²) in [6, 6.07) is 14.2. The Labute approximate surface area is 124 Å². The summed E-state index contributed by atoms with van der Waals surface area (Å²) < 4.78 is 13.9. The van der Waals surface area contributed by atoms with Gasteiger partial charge in [0.2, 0.25) is 0 Å². The molecule has 108 valence electrons. The zero-order valence-electron chi connectivity index (χ0n) is 12.0. The molecule has 0 aliphatic heterocycles. The molecular formula is C17H18FN3. The van der Waals surface area contributed by atoms with Crippen molar-refractivity contribution in [3.63, 3.8) is 0 Å². The molecular weight excluding hydrogens is 265 g/mol. The molecule has 2 rings (SSSR count). The summed E-state index contributed by atoms with van der Waals surface area (Å²) in [7, 11) is 0. The molecule has 0 unspecified atom stereocenters. The molecule has 0 aliphatic carbocycles. The van der Waals surface area contributed by atoms with E-state index in [0.29, 0.717) is 24.2 Å². The number of nitrogen functional groups attached to an aromatic ring is 1.